The van der Waals surface area contributed by atoms with Crippen molar-refractivity contribution in [3.8, 4) is 5.75 Å². The molecule has 2 atom stereocenters. The van der Waals surface area contributed by atoms with Gasteiger partial charge in [-0.25, -0.2) is 0 Å². The predicted molar refractivity (Wildman–Crippen MR) is 87.8 cm³/mol. The third kappa shape index (κ3) is 5.03. The molecule has 0 N–H and O–H groups in total. The number of hydrogen-bond acceptors (Lipinski definition) is 3. The fourth-order valence-electron chi connectivity index (χ4n) is 2.80. The van der Waals surface area contributed by atoms with Crippen molar-refractivity contribution in [3.05, 3.63) is 27.7 Å². The molecular formula is C16H23Cl2NO2. The summed E-state index contributed by atoms with van der Waals surface area (Å²) in [4.78, 5) is 2.43. The van der Waals surface area contributed by atoms with Crippen molar-refractivity contribution in [2.75, 3.05) is 26.2 Å². The van der Waals surface area contributed by atoms with Gasteiger partial charge in [-0.15, -0.1) is 0 Å². The van der Waals surface area contributed by atoms with E-state index in [0.717, 1.165) is 37.4 Å². The Hall–Kier alpha value is -0.480. The van der Waals surface area contributed by atoms with Gasteiger partial charge in [-0.2, -0.15) is 0 Å². The Morgan fingerprint density at radius 1 is 1.24 bits per heavy atom. The van der Waals surface area contributed by atoms with Crippen molar-refractivity contribution in [1.82, 2.24) is 4.90 Å². The largest absolute Gasteiger partial charge is 0.492 e. The number of rotatable bonds is 5. The number of halogens is 2. The van der Waals surface area contributed by atoms with E-state index in [2.05, 4.69) is 18.7 Å². The monoisotopic (exact) mass is 331 g/mol. The van der Waals surface area contributed by atoms with E-state index in [1.807, 2.05) is 13.0 Å². The maximum absolute atomic E-state index is 6.16. The van der Waals surface area contributed by atoms with Crippen LogP contribution in [0.3, 0.4) is 0 Å². The van der Waals surface area contributed by atoms with E-state index < -0.39 is 0 Å². The molecule has 5 heteroatoms. The molecule has 1 aromatic carbocycles. The first kappa shape index (κ1) is 16.9. The maximum atomic E-state index is 6.16. The second kappa shape index (κ2) is 7.68. The third-order valence-electron chi connectivity index (χ3n) is 3.55. The average Bonchev–Trinajstić information content (AvgIpc) is 2.35. The highest BCUT2D eigenvalue weighted by molar-refractivity contribution is 6.35. The summed E-state index contributed by atoms with van der Waals surface area (Å²) in [6.45, 7) is 9.85. The first-order valence-corrected chi connectivity index (χ1v) is 8.17. The average molecular weight is 332 g/mol. The summed E-state index contributed by atoms with van der Waals surface area (Å²) in [6, 6.07) is 3.59. The van der Waals surface area contributed by atoms with Crippen molar-refractivity contribution >= 4 is 23.2 Å². The second-order valence-corrected chi connectivity index (χ2v) is 6.60. The van der Waals surface area contributed by atoms with Gasteiger partial charge in [0.05, 0.1) is 23.8 Å². The summed E-state index contributed by atoms with van der Waals surface area (Å²) >= 11 is 12.1. The quantitative estimate of drug-likeness (QED) is 0.755. The van der Waals surface area contributed by atoms with Crippen LogP contribution < -0.4 is 4.74 Å². The topological polar surface area (TPSA) is 21.7 Å². The van der Waals surface area contributed by atoms with Crippen LogP contribution in [0.25, 0.3) is 0 Å². The number of morpholine rings is 1. The van der Waals surface area contributed by atoms with Crippen LogP contribution in [-0.4, -0.2) is 43.3 Å². The molecule has 2 rings (SSSR count). The smallest absolute Gasteiger partial charge is 0.140 e. The second-order valence-electron chi connectivity index (χ2n) is 5.75. The third-order valence-corrected chi connectivity index (χ3v) is 4.05. The molecule has 0 aliphatic carbocycles. The molecule has 1 saturated heterocycles. The zero-order valence-corrected chi connectivity index (χ0v) is 14.4. The first-order chi connectivity index (χ1) is 9.95. The van der Waals surface area contributed by atoms with Crippen molar-refractivity contribution in [2.45, 2.75) is 39.4 Å². The van der Waals surface area contributed by atoms with Crippen molar-refractivity contribution < 1.29 is 9.47 Å². The molecule has 0 radical (unpaired) electrons. The molecule has 21 heavy (non-hydrogen) atoms. The molecule has 3 nitrogen and oxygen atoms in total. The van der Waals surface area contributed by atoms with Crippen molar-refractivity contribution in [1.29, 1.82) is 0 Å². The molecule has 0 amide bonds. The normalized spacial score (nSPS) is 23.3. The first-order valence-electron chi connectivity index (χ1n) is 7.42. The van der Waals surface area contributed by atoms with Crippen molar-refractivity contribution in [3.63, 3.8) is 0 Å². The summed E-state index contributed by atoms with van der Waals surface area (Å²) < 4.78 is 11.6. The highest BCUT2D eigenvalue weighted by Gasteiger charge is 2.21. The lowest BCUT2D eigenvalue weighted by atomic mass is 10.2. The summed E-state index contributed by atoms with van der Waals surface area (Å²) in [6.07, 6.45) is 1.59. The predicted octanol–water partition coefficient (Wildman–Crippen LogP) is 4.18. The number of aryl methyl sites for hydroxylation is 1. The van der Waals surface area contributed by atoms with E-state index >= 15 is 0 Å². The van der Waals surface area contributed by atoms with Gasteiger partial charge >= 0.3 is 0 Å². The van der Waals surface area contributed by atoms with Gasteiger partial charge in [0.2, 0.25) is 0 Å². The Bertz CT molecular complexity index is 448. The maximum Gasteiger partial charge on any atom is 0.140 e. The van der Waals surface area contributed by atoms with Gasteiger partial charge < -0.3 is 9.47 Å². The zero-order chi connectivity index (χ0) is 15.4. The Labute approximate surface area is 137 Å². The zero-order valence-electron chi connectivity index (χ0n) is 12.9. The number of nitrogens with zero attached hydrogens (tertiary/aromatic N) is 1. The molecular weight excluding hydrogens is 309 g/mol. The van der Waals surface area contributed by atoms with Crippen LogP contribution in [-0.2, 0) is 4.74 Å². The lowest BCUT2D eigenvalue weighted by Gasteiger charge is -2.35. The molecule has 1 aliphatic heterocycles. The number of benzene rings is 1. The van der Waals surface area contributed by atoms with Gasteiger partial charge in [-0.1, -0.05) is 23.2 Å². The van der Waals surface area contributed by atoms with E-state index in [1.165, 1.54) is 0 Å². The fraction of sp³-hybridized carbons (Fsp3) is 0.625. The van der Waals surface area contributed by atoms with Crippen LogP contribution in [0.15, 0.2) is 12.1 Å². The van der Waals surface area contributed by atoms with Crippen LogP contribution >= 0.6 is 23.2 Å². The van der Waals surface area contributed by atoms with Gasteiger partial charge in [0.1, 0.15) is 5.75 Å². The van der Waals surface area contributed by atoms with E-state index in [9.17, 15) is 0 Å². The Kier molecular flexibility index (Phi) is 6.18. The van der Waals surface area contributed by atoms with Crippen LogP contribution in [0.5, 0.6) is 5.75 Å². The highest BCUT2D eigenvalue weighted by Crippen LogP contribution is 2.31. The van der Waals surface area contributed by atoms with Crippen LogP contribution in [0, 0.1) is 6.92 Å². The minimum absolute atomic E-state index is 0.308. The Morgan fingerprint density at radius 3 is 2.52 bits per heavy atom. The molecule has 1 fully saturated rings. The van der Waals surface area contributed by atoms with Crippen LogP contribution in [0.4, 0.5) is 0 Å². The molecule has 118 valence electrons. The minimum Gasteiger partial charge on any atom is -0.492 e. The lowest BCUT2D eigenvalue weighted by Crippen LogP contribution is -2.45. The Morgan fingerprint density at radius 2 is 1.90 bits per heavy atom. The van der Waals surface area contributed by atoms with Crippen molar-refractivity contribution in [2.24, 2.45) is 0 Å². The SMILES string of the molecule is Cc1cc(Cl)cc(Cl)c1OCCCN1C[C@H](C)O[C@@H](C)C1. The fourth-order valence-corrected chi connectivity index (χ4v) is 3.45. The summed E-state index contributed by atoms with van der Waals surface area (Å²) in [5, 5.41) is 1.22. The molecule has 0 aromatic heterocycles. The molecule has 0 spiro atoms. The minimum atomic E-state index is 0.308. The Balaban J connectivity index is 1.77. The van der Waals surface area contributed by atoms with E-state index in [0.29, 0.717) is 28.9 Å². The van der Waals surface area contributed by atoms with Crippen LogP contribution in [0.1, 0.15) is 25.8 Å². The standard InChI is InChI=1S/C16H23Cl2NO2/c1-11-7-14(17)8-15(18)16(11)20-6-4-5-19-9-12(2)21-13(3)10-19/h7-8,12-13H,4-6,9-10H2,1-3H3/t12-,13-/m0/s1. The molecule has 1 aliphatic rings. The van der Waals surface area contributed by atoms with Gasteiger partial charge in [0.25, 0.3) is 0 Å². The molecule has 0 unspecified atom stereocenters. The van der Waals surface area contributed by atoms with Gasteiger partial charge in [0, 0.05) is 24.7 Å². The van der Waals surface area contributed by atoms with Gasteiger partial charge in [0.15, 0.2) is 0 Å². The highest BCUT2D eigenvalue weighted by atomic mass is 35.5. The molecule has 1 heterocycles. The van der Waals surface area contributed by atoms with E-state index in [-0.39, 0.29) is 0 Å². The lowest BCUT2D eigenvalue weighted by molar-refractivity contribution is -0.0686. The molecule has 0 bridgehead atoms. The van der Waals surface area contributed by atoms with Gasteiger partial charge in [-0.3, -0.25) is 4.90 Å². The summed E-state index contributed by atoms with van der Waals surface area (Å²) in [7, 11) is 0. The van der Waals surface area contributed by atoms with E-state index in [1.54, 1.807) is 6.07 Å². The van der Waals surface area contributed by atoms with Gasteiger partial charge in [-0.05, 0) is 44.9 Å². The molecule has 1 aromatic rings. The number of ether oxygens (including phenoxy) is 2. The van der Waals surface area contributed by atoms with E-state index in [4.69, 9.17) is 32.7 Å². The summed E-state index contributed by atoms with van der Waals surface area (Å²) in [5.41, 5.74) is 0.973. The summed E-state index contributed by atoms with van der Waals surface area (Å²) in [5.74, 6) is 0.741. The van der Waals surface area contributed by atoms with Crippen LogP contribution in [0.2, 0.25) is 10.0 Å². The number of hydrogen-bond donors (Lipinski definition) is 0. The molecule has 0 saturated carbocycles.